The molecule has 64 valence electrons. The van der Waals surface area contributed by atoms with E-state index in [2.05, 4.69) is 0 Å². The van der Waals surface area contributed by atoms with Crippen molar-refractivity contribution in [2.75, 3.05) is 0 Å². The van der Waals surface area contributed by atoms with Crippen LogP contribution in [0.25, 0.3) is 0 Å². The molecule has 1 unspecified atom stereocenters. The van der Waals surface area contributed by atoms with Gasteiger partial charge in [-0.1, -0.05) is 37.3 Å². The van der Waals surface area contributed by atoms with E-state index in [4.69, 9.17) is 11.6 Å². The van der Waals surface area contributed by atoms with Crippen molar-refractivity contribution in [3.05, 3.63) is 35.9 Å². The average Bonchev–Trinajstić information content (AvgIpc) is 2.06. The van der Waals surface area contributed by atoms with Gasteiger partial charge in [0, 0.05) is 5.92 Å². The van der Waals surface area contributed by atoms with Gasteiger partial charge in [-0.05, 0) is 23.6 Å². The molecule has 1 aromatic carbocycles. The minimum Gasteiger partial charge on any atom is -0.281 e. The molecule has 0 radical (unpaired) electrons. The lowest BCUT2D eigenvalue weighted by Gasteiger charge is -2.04. The van der Waals surface area contributed by atoms with Crippen LogP contribution in [-0.2, 0) is 11.2 Å². The second-order valence-corrected chi connectivity index (χ2v) is 3.27. The lowest BCUT2D eigenvalue weighted by Crippen LogP contribution is -2.06. The first kappa shape index (κ1) is 9.27. The van der Waals surface area contributed by atoms with Crippen molar-refractivity contribution >= 4 is 16.8 Å². The summed E-state index contributed by atoms with van der Waals surface area (Å²) in [7, 11) is 0. The highest BCUT2D eigenvalue weighted by Gasteiger charge is 2.09. The molecule has 0 saturated heterocycles. The Morgan fingerprint density at radius 2 is 2.00 bits per heavy atom. The first-order chi connectivity index (χ1) is 5.70. The smallest absolute Gasteiger partial charge is 0.224 e. The highest BCUT2D eigenvalue weighted by Crippen LogP contribution is 2.10. The van der Waals surface area contributed by atoms with Gasteiger partial charge in [-0.15, -0.1) is 0 Å². The van der Waals surface area contributed by atoms with Crippen molar-refractivity contribution in [2.45, 2.75) is 13.3 Å². The quantitative estimate of drug-likeness (QED) is 0.657. The van der Waals surface area contributed by atoms with Crippen molar-refractivity contribution in [1.29, 1.82) is 0 Å². The van der Waals surface area contributed by atoms with Crippen LogP contribution in [0, 0.1) is 5.92 Å². The fourth-order valence-corrected chi connectivity index (χ4v) is 1.13. The number of benzene rings is 1. The zero-order valence-electron chi connectivity index (χ0n) is 6.96. The summed E-state index contributed by atoms with van der Waals surface area (Å²) in [4.78, 5) is 10.7. The SMILES string of the molecule is CC(Cc1ccccc1)C(=O)Cl. The summed E-state index contributed by atoms with van der Waals surface area (Å²) in [6.45, 7) is 1.84. The maximum Gasteiger partial charge on any atom is 0.224 e. The van der Waals surface area contributed by atoms with Gasteiger partial charge in [0.2, 0.25) is 5.24 Å². The Kier molecular flexibility index (Phi) is 3.30. The first-order valence-electron chi connectivity index (χ1n) is 3.93. The summed E-state index contributed by atoms with van der Waals surface area (Å²) >= 11 is 5.34. The molecular weight excluding hydrogens is 172 g/mol. The maximum absolute atomic E-state index is 10.7. The summed E-state index contributed by atoms with van der Waals surface area (Å²) in [5.74, 6) is -0.0888. The van der Waals surface area contributed by atoms with Crippen LogP contribution in [0.15, 0.2) is 30.3 Å². The highest BCUT2D eigenvalue weighted by atomic mass is 35.5. The molecule has 2 heteroatoms. The number of hydrogen-bond acceptors (Lipinski definition) is 1. The molecule has 0 aliphatic heterocycles. The predicted molar refractivity (Wildman–Crippen MR) is 50.2 cm³/mol. The molecule has 1 rings (SSSR count). The average molecular weight is 183 g/mol. The van der Waals surface area contributed by atoms with E-state index >= 15 is 0 Å². The van der Waals surface area contributed by atoms with E-state index in [0.29, 0.717) is 0 Å². The van der Waals surface area contributed by atoms with Crippen LogP contribution in [0.1, 0.15) is 12.5 Å². The zero-order chi connectivity index (χ0) is 8.97. The van der Waals surface area contributed by atoms with Crippen LogP contribution < -0.4 is 0 Å². The van der Waals surface area contributed by atoms with Crippen LogP contribution in [0.2, 0.25) is 0 Å². The van der Waals surface area contributed by atoms with E-state index in [1.807, 2.05) is 37.3 Å². The van der Waals surface area contributed by atoms with Gasteiger partial charge < -0.3 is 0 Å². The van der Waals surface area contributed by atoms with E-state index < -0.39 is 0 Å². The minimum atomic E-state index is -0.265. The molecule has 0 N–H and O–H groups in total. The summed E-state index contributed by atoms with van der Waals surface area (Å²) in [5.41, 5.74) is 1.15. The Bertz CT molecular complexity index is 256. The molecule has 1 nitrogen and oxygen atoms in total. The minimum absolute atomic E-state index is 0.0888. The second kappa shape index (κ2) is 4.27. The van der Waals surface area contributed by atoms with Gasteiger partial charge in [-0.25, -0.2) is 0 Å². The van der Waals surface area contributed by atoms with Crippen LogP contribution in [-0.4, -0.2) is 5.24 Å². The van der Waals surface area contributed by atoms with Gasteiger partial charge in [0.15, 0.2) is 0 Å². The van der Waals surface area contributed by atoms with Crippen molar-refractivity contribution in [1.82, 2.24) is 0 Å². The normalized spacial score (nSPS) is 12.5. The largest absolute Gasteiger partial charge is 0.281 e. The summed E-state index contributed by atoms with van der Waals surface area (Å²) < 4.78 is 0. The van der Waals surface area contributed by atoms with Crippen LogP contribution >= 0.6 is 11.6 Å². The third-order valence-corrected chi connectivity index (χ3v) is 2.14. The molecule has 0 aromatic heterocycles. The first-order valence-corrected chi connectivity index (χ1v) is 4.31. The Hall–Kier alpha value is -0.820. The number of carbonyl (C=O) groups is 1. The van der Waals surface area contributed by atoms with E-state index in [9.17, 15) is 4.79 Å². The van der Waals surface area contributed by atoms with Crippen molar-refractivity contribution in [3.63, 3.8) is 0 Å². The Balaban J connectivity index is 2.58. The van der Waals surface area contributed by atoms with Gasteiger partial charge in [0.1, 0.15) is 0 Å². The second-order valence-electron chi connectivity index (χ2n) is 2.89. The molecule has 0 amide bonds. The van der Waals surface area contributed by atoms with E-state index in [-0.39, 0.29) is 11.2 Å². The molecule has 12 heavy (non-hydrogen) atoms. The monoisotopic (exact) mass is 182 g/mol. The van der Waals surface area contributed by atoms with Gasteiger partial charge in [0.05, 0.1) is 0 Å². The van der Waals surface area contributed by atoms with Crippen molar-refractivity contribution < 1.29 is 4.79 Å². The molecule has 0 bridgehead atoms. The Labute approximate surface area is 77.4 Å². The topological polar surface area (TPSA) is 17.1 Å². The number of hydrogen-bond donors (Lipinski definition) is 0. The molecule has 1 atom stereocenters. The van der Waals surface area contributed by atoms with Crippen LogP contribution in [0.5, 0.6) is 0 Å². The summed E-state index contributed by atoms with van der Waals surface area (Å²) in [6, 6.07) is 9.87. The number of halogens is 1. The maximum atomic E-state index is 10.7. The molecule has 0 spiro atoms. The zero-order valence-corrected chi connectivity index (χ0v) is 7.71. The summed E-state index contributed by atoms with van der Waals surface area (Å²) in [6.07, 6.45) is 0.725. The van der Waals surface area contributed by atoms with Crippen molar-refractivity contribution in [2.24, 2.45) is 5.92 Å². The van der Waals surface area contributed by atoms with E-state index in [1.165, 1.54) is 0 Å². The van der Waals surface area contributed by atoms with Crippen molar-refractivity contribution in [3.8, 4) is 0 Å². The van der Waals surface area contributed by atoms with Gasteiger partial charge in [0.25, 0.3) is 0 Å². The molecule has 0 aliphatic rings. The molecule has 0 fully saturated rings. The highest BCUT2D eigenvalue weighted by molar-refractivity contribution is 6.63. The van der Waals surface area contributed by atoms with E-state index in [1.54, 1.807) is 0 Å². The molecule has 0 heterocycles. The standard InChI is InChI=1S/C10H11ClO/c1-8(10(11)12)7-9-5-3-2-4-6-9/h2-6,8H,7H2,1H3. The Morgan fingerprint density at radius 1 is 1.42 bits per heavy atom. The fraction of sp³-hybridized carbons (Fsp3) is 0.300. The lowest BCUT2D eigenvalue weighted by molar-refractivity contribution is -0.114. The molecule has 0 aliphatic carbocycles. The third-order valence-electron chi connectivity index (χ3n) is 1.77. The fourth-order valence-electron chi connectivity index (χ4n) is 1.05. The molecular formula is C10H11ClO. The molecule has 1 aromatic rings. The number of carbonyl (C=O) groups excluding carboxylic acids is 1. The van der Waals surface area contributed by atoms with Crippen LogP contribution in [0.4, 0.5) is 0 Å². The van der Waals surface area contributed by atoms with Crippen LogP contribution in [0.3, 0.4) is 0 Å². The lowest BCUT2D eigenvalue weighted by atomic mass is 10.0. The van der Waals surface area contributed by atoms with Gasteiger partial charge in [-0.3, -0.25) is 4.79 Å². The summed E-state index contributed by atoms with van der Waals surface area (Å²) in [5, 5.41) is -0.265. The third kappa shape index (κ3) is 2.67. The molecule has 0 saturated carbocycles. The van der Waals surface area contributed by atoms with Gasteiger partial charge in [-0.2, -0.15) is 0 Å². The number of rotatable bonds is 3. The van der Waals surface area contributed by atoms with E-state index in [0.717, 1.165) is 12.0 Å². The van der Waals surface area contributed by atoms with Gasteiger partial charge >= 0.3 is 0 Å². The Morgan fingerprint density at radius 3 is 2.50 bits per heavy atom. The predicted octanol–water partition coefficient (Wildman–Crippen LogP) is 2.63.